The highest BCUT2D eigenvalue weighted by Crippen LogP contribution is 2.18. The third-order valence-corrected chi connectivity index (χ3v) is 2.69. The number of benzene rings is 1. The first-order valence-corrected chi connectivity index (χ1v) is 6.15. The fourth-order valence-electron chi connectivity index (χ4n) is 1.65. The number of nitrogens with zero attached hydrogens (tertiary/aromatic N) is 1. The van der Waals surface area contributed by atoms with Crippen LogP contribution in [0.2, 0.25) is 0 Å². The Morgan fingerprint density at radius 1 is 1.20 bits per heavy atom. The van der Waals surface area contributed by atoms with Crippen molar-refractivity contribution in [1.29, 1.82) is 0 Å². The molecule has 4 nitrogen and oxygen atoms in total. The van der Waals surface area contributed by atoms with Crippen molar-refractivity contribution in [3.8, 4) is 0 Å². The van der Waals surface area contributed by atoms with E-state index in [1.165, 1.54) is 17.0 Å². The monoisotopic (exact) mass is 278 g/mol. The summed E-state index contributed by atoms with van der Waals surface area (Å²) in [5.41, 5.74) is 0.262. The summed E-state index contributed by atoms with van der Waals surface area (Å²) in [4.78, 5) is 23.9. The van der Waals surface area contributed by atoms with Gasteiger partial charge in [-0.3, -0.25) is 4.79 Å². The van der Waals surface area contributed by atoms with Gasteiger partial charge in [-0.1, -0.05) is 12.1 Å². The molecule has 20 heavy (non-hydrogen) atoms. The van der Waals surface area contributed by atoms with Gasteiger partial charge in [0.15, 0.2) is 0 Å². The van der Waals surface area contributed by atoms with Crippen LogP contribution in [0.5, 0.6) is 0 Å². The van der Waals surface area contributed by atoms with Gasteiger partial charge in [0.25, 0.3) is 0 Å². The molecule has 0 saturated heterocycles. The van der Waals surface area contributed by atoms with Crippen LogP contribution in [0.15, 0.2) is 36.4 Å². The van der Waals surface area contributed by atoms with Crippen molar-refractivity contribution in [1.82, 2.24) is 4.90 Å². The number of halogens is 1. The van der Waals surface area contributed by atoms with E-state index in [2.05, 4.69) is 0 Å². The first-order chi connectivity index (χ1) is 9.20. The molecule has 0 N–H and O–H groups in total. The zero-order valence-corrected chi connectivity index (χ0v) is 11.7. The standard InChI is InChI=1S/C15H18FNO3/c1-15(2,3)17(13(18)8-9-14(19)20)10-11-4-6-12(16)7-5-11/h4-9H,10H2,1-3H3,(H,19,20)/p-1. The Labute approximate surface area is 117 Å². The molecule has 0 spiro atoms. The van der Waals surface area contributed by atoms with Gasteiger partial charge in [-0.15, -0.1) is 0 Å². The Morgan fingerprint density at radius 2 is 1.75 bits per heavy atom. The summed E-state index contributed by atoms with van der Waals surface area (Å²) in [6.45, 7) is 5.77. The topological polar surface area (TPSA) is 60.4 Å². The molecular formula is C15H17FNO3-. The number of carboxylic acid groups (broad SMARTS) is 1. The first kappa shape index (κ1) is 15.9. The van der Waals surface area contributed by atoms with Gasteiger partial charge in [0.2, 0.25) is 5.91 Å². The largest absolute Gasteiger partial charge is 0.545 e. The van der Waals surface area contributed by atoms with E-state index < -0.39 is 17.4 Å². The Balaban J connectivity index is 2.93. The summed E-state index contributed by atoms with van der Waals surface area (Å²) in [7, 11) is 0. The Bertz CT molecular complexity index is 515. The predicted octanol–water partition coefficient (Wildman–Crippen LogP) is 1.26. The van der Waals surface area contributed by atoms with Crippen LogP contribution in [0.1, 0.15) is 26.3 Å². The van der Waals surface area contributed by atoms with Gasteiger partial charge < -0.3 is 14.8 Å². The molecule has 0 aromatic heterocycles. The number of hydrogen-bond acceptors (Lipinski definition) is 3. The van der Waals surface area contributed by atoms with Crippen LogP contribution in [0.4, 0.5) is 4.39 Å². The summed E-state index contributed by atoms with van der Waals surface area (Å²) >= 11 is 0. The molecule has 0 radical (unpaired) electrons. The highest BCUT2D eigenvalue weighted by molar-refractivity contribution is 5.93. The summed E-state index contributed by atoms with van der Waals surface area (Å²) in [5, 5.41) is 10.4. The van der Waals surface area contributed by atoms with Crippen molar-refractivity contribution in [3.63, 3.8) is 0 Å². The zero-order chi connectivity index (χ0) is 15.3. The van der Waals surface area contributed by atoms with E-state index in [1.54, 1.807) is 12.1 Å². The average Bonchev–Trinajstić information content (AvgIpc) is 2.33. The van der Waals surface area contributed by atoms with Gasteiger partial charge in [0, 0.05) is 18.2 Å². The Morgan fingerprint density at radius 3 is 2.20 bits per heavy atom. The molecule has 1 aromatic carbocycles. The van der Waals surface area contributed by atoms with Gasteiger partial charge in [-0.25, -0.2) is 4.39 Å². The van der Waals surface area contributed by atoms with Crippen molar-refractivity contribution in [2.24, 2.45) is 0 Å². The molecule has 0 saturated carbocycles. The maximum atomic E-state index is 12.9. The molecule has 0 aliphatic carbocycles. The molecular weight excluding hydrogens is 261 g/mol. The van der Waals surface area contributed by atoms with Gasteiger partial charge in [0.1, 0.15) is 5.82 Å². The lowest BCUT2D eigenvalue weighted by Crippen LogP contribution is -2.44. The number of hydrogen-bond donors (Lipinski definition) is 0. The smallest absolute Gasteiger partial charge is 0.247 e. The van der Waals surface area contributed by atoms with E-state index in [0.29, 0.717) is 6.08 Å². The van der Waals surface area contributed by atoms with Crippen LogP contribution in [0.25, 0.3) is 0 Å². The molecule has 0 unspecified atom stereocenters. The quantitative estimate of drug-likeness (QED) is 0.779. The molecule has 0 aliphatic heterocycles. The predicted molar refractivity (Wildman–Crippen MR) is 70.9 cm³/mol. The van der Waals surface area contributed by atoms with Crippen molar-refractivity contribution in [2.45, 2.75) is 32.9 Å². The summed E-state index contributed by atoms with van der Waals surface area (Å²) in [5.74, 6) is -2.21. The SMILES string of the molecule is CC(C)(C)N(Cc1ccc(F)cc1)C(=O)C=CC(=O)[O-]. The molecule has 1 rings (SSSR count). The van der Waals surface area contributed by atoms with Crippen LogP contribution >= 0.6 is 0 Å². The second kappa shape index (κ2) is 6.32. The van der Waals surface area contributed by atoms with Crippen LogP contribution in [-0.4, -0.2) is 22.3 Å². The summed E-state index contributed by atoms with van der Waals surface area (Å²) in [6.07, 6.45) is 1.66. The number of carbonyl (C=O) groups excluding carboxylic acids is 2. The van der Waals surface area contributed by atoms with Gasteiger partial charge in [0.05, 0.1) is 5.97 Å². The van der Waals surface area contributed by atoms with Gasteiger partial charge in [-0.05, 0) is 44.5 Å². The molecule has 0 atom stereocenters. The minimum atomic E-state index is -1.42. The number of rotatable bonds is 4. The molecule has 0 bridgehead atoms. The minimum absolute atomic E-state index is 0.264. The van der Waals surface area contributed by atoms with E-state index in [4.69, 9.17) is 0 Å². The minimum Gasteiger partial charge on any atom is -0.545 e. The molecule has 1 aromatic rings. The highest BCUT2D eigenvalue weighted by Gasteiger charge is 2.24. The van der Waals surface area contributed by atoms with Gasteiger partial charge >= 0.3 is 0 Å². The number of carboxylic acids is 1. The van der Waals surface area contributed by atoms with Gasteiger partial charge in [-0.2, -0.15) is 0 Å². The highest BCUT2D eigenvalue weighted by atomic mass is 19.1. The third-order valence-electron chi connectivity index (χ3n) is 2.69. The Hall–Kier alpha value is -2.17. The van der Waals surface area contributed by atoms with E-state index in [1.807, 2.05) is 20.8 Å². The third kappa shape index (κ3) is 4.84. The second-order valence-corrected chi connectivity index (χ2v) is 5.37. The van der Waals surface area contributed by atoms with E-state index >= 15 is 0 Å². The molecule has 0 fully saturated rings. The van der Waals surface area contributed by atoms with E-state index in [9.17, 15) is 19.1 Å². The normalized spacial score (nSPS) is 11.6. The lowest BCUT2D eigenvalue weighted by Gasteiger charge is -2.35. The Kier molecular flexibility index (Phi) is 5.02. The molecule has 0 aliphatic rings. The van der Waals surface area contributed by atoms with Crippen LogP contribution < -0.4 is 5.11 Å². The average molecular weight is 278 g/mol. The lowest BCUT2D eigenvalue weighted by atomic mass is 10.0. The number of carbonyl (C=O) groups is 2. The lowest BCUT2D eigenvalue weighted by molar-refractivity contribution is -0.297. The van der Waals surface area contributed by atoms with Crippen LogP contribution in [-0.2, 0) is 16.1 Å². The zero-order valence-electron chi connectivity index (χ0n) is 11.7. The number of amides is 1. The van der Waals surface area contributed by atoms with Crippen molar-refractivity contribution in [3.05, 3.63) is 47.8 Å². The van der Waals surface area contributed by atoms with Crippen LogP contribution in [0.3, 0.4) is 0 Å². The molecule has 5 heteroatoms. The van der Waals surface area contributed by atoms with Crippen molar-refractivity contribution < 1.29 is 19.1 Å². The molecule has 0 heterocycles. The second-order valence-electron chi connectivity index (χ2n) is 5.37. The van der Waals surface area contributed by atoms with E-state index in [-0.39, 0.29) is 12.4 Å². The molecule has 108 valence electrons. The maximum absolute atomic E-state index is 12.9. The fourth-order valence-corrected chi connectivity index (χ4v) is 1.65. The van der Waals surface area contributed by atoms with Crippen molar-refractivity contribution >= 4 is 11.9 Å². The van der Waals surface area contributed by atoms with Crippen LogP contribution in [0, 0.1) is 5.82 Å². The first-order valence-electron chi connectivity index (χ1n) is 6.15. The summed E-state index contributed by atoms with van der Waals surface area (Å²) < 4.78 is 12.9. The molecule has 1 amide bonds. The fraction of sp³-hybridized carbons (Fsp3) is 0.333. The number of aliphatic carboxylic acids is 1. The van der Waals surface area contributed by atoms with Crippen molar-refractivity contribution in [2.75, 3.05) is 0 Å². The summed E-state index contributed by atoms with van der Waals surface area (Å²) in [6, 6.07) is 5.81. The van der Waals surface area contributed by atoms with E-state index in [0.717, 1.165) is 11.6 Å². The maximum Gasteiger partial charge on any atom is 0.247 e.